The van der Waals surface area contributed by atoms with Gasteiger partial charge in [0.25, 0.3) is 5.91 Å². The minimum Gasteiger partial charge on any atom is -0.391 e. The molecule has 0 aliphatic carbocycles. The fraction of sp³-hybridized carbons (Fsp3) is 0.278. The fourth-order valence-electron chi connectivity index (χ4n) is 2.46. The number of hydrogen-bond acceptors (Lipinski definition) is 4. The molecule has 5 nitrogen and oxygen atoms in total. The summed E-state index contributed by atoms with van der Waals surface area (Å²) in [7, 11) is 0. The van der Waals surface area contributed by atoms with Crippen molar-refractivity contribution in [3.63, 3.8) is 0 Å². The number of nitrogens with one attached hydrogen (secondary N) is 2. The third-order valence-electron chi connectivity index (χ3n) is 3.82. The maximum atomic E-state index is 11.6. The molecule has 2 aromatic carbocycles. The van der Waals surface area contributed by atoms with Crippen molar-refractivity contribution in [3.8, 4) is 11.1 Å². The van der Waals surface area contributed by atoms with Crippen LogP contribution in [-0.2, 0) is 4.79 Å². The fourth-order valence-corrected chi connectivity index (χ4v) is 2.46. The number of hydrogen-bond donors (Lipinski definition) is 4. The van der Waals surface area contributed by atoms with Gasteiger partial charge in [-0.05, 0) is 30.5 Å². The molecule has 2 aromatic rings. The van der Waals surface area contributed by atoms with E-state index in [-0.39, 0.29) is 6.04 Å². The summed E-state index contributed by atoms with van der Waals surface area (Å²) in [6, 6.07) is 17.0. The molecular formula is C18H22N2O3. The minimum atomic E-state index is -0.923. The van der Waals surface area contributed by atoms with E-state index in [1.807, 2.05) is 61.5 Å². The second-order valence-electron chi connectivity index (χ2n) is 5.57. The quantitative estimate of drug-likeness (QED) is 0.487. The van der Waals surface area contributed by atoms with E-state index in [1.54, 1.807) is 5.48 Å². The highest BCUT2D eigenvalue weighted by atomic mass is 16.5. The van der Waals surface area contributed by atoms with Crippen LogP contribution in [0, 0.1) is 0 Å². The number of aliphatic hydroxyl groups is 1. The van der Waals surface area contributed by atoms with E-state index < -0.39 is 18.1 Å². The lowest BCUT2D eigenvalue weighted by Gasteiger charge is -2.24. The molecule has 0 saturated heterocycles. The molecule has 0 fully saturated rings. The second-order valence-corrected chi connectivity index (χ2v) is 5.57. The molecule has 23 heavy (non-hydrogen) atoms. The van der Waals surface area contributed by atoms with Gasteiger partial charge in [-0.15, -0.1) is 0 Å². The normalized spacial score (nSPS) is 14.8. The van der Waals surface area contributed by atoms with Gasteiger partial charge < -0.3 is 5.11 Å². The molecule has 5 heteroatoms. The van der Waals surface area contributed by atoms with E-state index in [0.29, 0.717) is 0 Å². The maximum absolute atomic E-state index is 11.6. The third-order valence-corrected chi connectivity index (χ3v) is 3.82. The zero-order valence-corrected chi connectivity index (χ0v) is 13.2. The molecular weight excluding hydrogens is 292 g/mol. The van der Waals surface area contributed by atoms with Gasteiger partial charge in [0.05, 0.1) is 6.10 Å². The zero-order valence-electron chi connectivity index (χ0n) is 13.2. The van der Waals surface area contributed by atoms with Crippen molar-refractivity contribution in [1.82, 2.24) is 10.8 Å². The maximum Gasteiger partial charge on any atom is 0.263 e. The lowest BCUT2D eigenvalue weighted by atomic mass is 10.0. The number of aliphatic hydroxyl groups excluding tert-OH is 1. The van der Waals surface area contributed by atoms with E-state index in [0.717, 1.165) is 16.7 Å². The lowest BCUT2D eigenvalue weighted by molar-refractivity contribution is -0.134. The van der Waals surface area contributed by atoms with Crippen molar-refractivity contribution in [2.24, 2.45) is 0 Å². The standard InChI is InChI=1S/C18H22N2O3/c1-12(19-17(13(2)21)18(22)20-23)14-8-10-16(11-9-14)15-6-4-3-5-7-15/h3-13,17,19,21,23H,1-2H3,(H,20,22)/t12?,13-,17+/m1/s1. The van der Waals surface area contributed by atoms with Crippen LogP contribution in [0.1, 0.15) is 25.5 Å². The molecule has 2 rings (SSSR count). The van der Waals surface area contributed by atoms with Crippen molar-refractivity contribution in [2.75, 3.05) is 0 Å². The molecule has 1 amide bonds. The Balaban J connectivity index is 2.11. The number of amides is 1. The van der Waals surface area contributed by atoms with E-state index >= 15 is 0 Å². The molecule has 4 N–H and O–H groups in total. The van der Waals surface area contributed by atoms with Crippen LogP contribution in [0.25, 0.3) is 11.1 Å². The first-order chi connectivity index (χ1) is 11.0. The molecule has 3 atom stereocenters. The van der Waals surface area contributed by atoms with Crippen LogP contribution >= 0.6 is 0 Å². The topological polar surface area (TPSA) is 81.6 Å². The summed E-state index contributed by atoms with van der Waals surface area (Å²) in [5.41, 5.74) is 4.81. The molecule has 1 unspecified atom stereocenters. The van der Waals surface area contributed by atoms with Crippen LogP contribution in [0.5, 0.6) is 0 Å². The van der Waals surface area contributed by atoms with Crippen LogP contribution in [0.3, 0.4) is 0 Å². The van der Waals surface area contributed by atoms with Crippen LogP contribution in [0.15, 0.2) is 54.6 Å². The summed E-state index contributed by atoms with van der Waals surface area (Å²) in [4.78, 5) is 11.6. The highest BCUT2D eigenvalue weighted by Gasteiger charge is 2.25. The molecule has 0 spiro atoms. The number of hydroxylamine groups is 1. The Hall–Kier alpha value is -2.21. The number of rotatable bonds is 6. The molecule has 0 heterocycles. The van der Waals surface area contributed by atoms with Crippen molar-refractivity contribution < 1.29 is 15.1 Å². The summed E-state index contributed by atoms with van der Waals surface area (Å²) in [5.74, 6) is -0.659. The summed E-state index contributed by atoms with van der Waals surface area (Å²) < 4.78 is 0. The smallest absolute Gasteiger partial charge is 0.263 e. The average Bonchev–Trinajstić information content (AvgIpc) is 2.59. The van der Waals surface area contributed by atoms with Gasteiger partial charge in [0.1, 0.15) is 6.04 Å². The first-order valence-electron chi connectivity index (χ1n) is 7.56. The Bertz CT molecular complexity index is 626. The van der Waals surface area contributed by atoms with Crippen LogP contribution in [0.4, 0.5) is 0 Å². The Morgan fingerprint density at radius 3 is 2.04 bits per heavy atom. The first kappa shape index (κ1) is 17.1. The van der Waals surface area contributed by atoms with Gasteiger partial charge in [-0.2, -0.15) is 0 Å². The number of carbonyl (C=O) groups excluding carboxylic acids is 1. The Morgan fingerprint density at radius 2 is 1.52 bits per heavy atom. The van der Waals surface area contributed by atoms with E-state index in [4.69, 9.17) is 5.21 Å². The van der Waals surface area contributed by atoms with Crippen molar-refractivity contribution in [1.29, 1.82) is 0 Å². The largest absolute Gasteiger partial charge is 0.391 e. The van der Waals surface area contributed by atoms with Gasteiger partial charge in [0.2, 0.25) is 0 Å². The molecule has 0 bridgehead atoms. The summed E-state index contributed by atoms with van der Waals surface area (Å²) in [6.45, 7) is 3.40. The zero-order chi connectivity index (χ0) is 16.8. The Kier molecular flexibility index (Phi) is 5.87. The second kappa shape index (κ2) is 7.87. The summed E-state index contributed by atoms with van der Waals surface area (Å²) in [5, 5.41) is 21.4. The SMILES string of the molecule is CC(N[C@H](C(=O)NO)[C@@H](C)O)c1ccc(-c2ccccc2)cc1. The lowest BCUT2D eigenvalue weighted by Crippen LogP contribution is -2.50. The van der Waals surface area contributed by atoms with E-state index in [2.05, 4.69) is 5.32 Å². The Labute approximate surface area is 135 Å². The van der Waals surface area contributed by atoms with Crippen molar-refractivity contribution >= 4 is 5.91 Å². The monoisotopic (exact) mass is 314 g/mol. The van der Waals surface area contributed by atoms with E-state index in [1.165, 1.54) is 6.92 Å². The molecule has 0 aliphatic rings. The van der Waals surface area contributed by atoms with Gasteiger partial charge in [0, 0.05) is 6.04 Å². The summed E-state index contributed by atoms with van der Waals surface area (Å²) in [6.07, 6.45) is -0.923. The van der Waals surface area contributed by atoms with Gasteiger partial charge in [0.15, 0.2) is 0 Å². The Morgan fingerprint density at radius 1 is 0.957 bits per heavy atom. The van der Waals surface area contributed by atoms with Crippen LogP contribution in [-0.4, -0.2) is 28.4 Å². The highest BCUT2D eigenvalue weighted by Crippen LogP contribution is 2.22. The van der Waals surface area contributed by atoms with Gasteiger partial charge in [-0.3, -0.25) is 15.3 Å². The molecule has 122 valence electrons. The van der Waals surface area contributed by atoms with Gasteiger partial charge in [-0.1, -0.05) is 54.6 Å². The molecule has 0 radical (unpaired) electrons. The molecule has 0 aromatic heterocycles. The first-order valence-corrected chi connectivity index (χ1v) is 7.56. The highest BCUT2D eigenvalue weighted by molar-refractivity contribution is 5.81. The summed E-state index contributed by atoms with van der Waals surface area (Å²) >= 11 is 0. The minimum absolute atomic E-state index is 0.156. The van der Waals surface area contributed by atoms with Crippen LogP contribution in [0.2, 0.25) is 0 Å². The molecule has 0 aliphatic heterocycles. The van der Waals surface area contributed by atoms with Crippen molar-refractivity contribution in [3.05, 3.63) is 60.2 Å². The predicted octanol–water partition coefficient (Wildman–Crippen LogP) is 2.26. The predicted molar refractivity (Wildman–Crippen MR) is 88.8 cm³/mol. The molecule has 0 saturated carbocycles. The van der Waals surface area contributed by atoms with E-state index in [9.17, 15) is 9.90 Å². The third kappa shape index (κ3) is 4.39. The van der Waals surface area contributed by atoms with Gasteiger partial charge >= 0.3 is 0 Å². The average molecular weight is 314 g/mol. The van der Waals surface area contributed by atoms with Crippen LogP contribution < -0.4 is 10.8 Å². The number of carbonyl (C=O) groups is 1. The van der Waals surface area contributed by atoms with Gasteiger partial charge in [-0.25, -0.2) is 5.48 Å². The number of benzene rings is 2. The van der Waals surface area contributed by atoms with Crippen molar-refractivity contribution in [2.45, 2.75) is 32.0 Å².